The number of aromatic nitrogens is 1. The Morgan fingerprint density at radius 1 is 1.21 bits per heavy atom. The van der Waals surface area contributed by atoms with E-state index >= 15 is 0 Å². The fourth-order valence-electron chi connectivity index (χ4n) is 3.75. The van der Waals surface area contributed by atoms with E-state index in [0.717, 1.165) is 41.3 Å². The molecule has 0 aliphatic rings. The zero-order valence-corrected chi connectivity index (χ0v) is 16.9. The van der Waals surface area contributed by atoms with Crippen LogP contribution in [-0.4, -0.2) is 22.4 Å². The number of rotatable bonds is 9. The van der Waals surface area contributed by atoms with Gasteiger partial charge < -0.3 is 10.3 Å². The third-order valence-electron chi connectivity index (χ3n) is 5.32. The van der Waals surface area contributed by atoms with Crippen molar-refractivity contribution in [1.82, 2.24) is 10.3 Å². The number of fused-ring (bicyclic) bond motifs is 1. The summed E-state index contributed by atoms with van der Waals surface area (Å²) in [5, 5.41) is 15.3. The van der Waals surface area contributed by atoms with E-state index < -0.39 is 4.92 Å². The molecule has 1 heterocycles. The van der Waals surface area contributed by atoms with Crippen molar-refractivity contribution in [3.05, 3.63) is 75.5 Å². The van der Waals surface area contributed by atoms with Gasteiger partial charge in [-0.15, -0.1) is 0 Å². The van der Waals surface area contributed by atoms with E-state index in [0.29, 0.717) is 6.54 Å². The second-order valence-corrected chi connectivity index (χ2v) is 7.25. The summed E-state index contributed by atoms with van der Waals surface area (Å²) >= 11 is 0. The second-order valence-electron chi connectivity index (χ2n) is 7.25. The van der Waals surface area contributed by atoms with Gasteiger partial charge in [0.15, 0.2) is 0 Å². The summed E-state index contributed by atoms with van der Waals surface area (Å²) in [5.41, 5.74) is 4.06. The number of unbranched alkanes of at least 4 members (excludes halogenated alkanes) is 1. The number of benzene rings is 2. The number of carbonyl (C=O) groups is 1. The fourth-order valence-corrected chi connectivity index (χ4v) is 3.75. The van der Waals surface area contributed by atoms with Gasteiger partial charge in [-0.05, 0) is 29.5 Å². The standard InChI is InChI=1S/C23H27N3O3/c1-3-5-12-24-22(27)14-20(17-9-6-10-18(13-17)26(28)29)21-15-25-23-16(4-2)8-7-11-19(21)23/h6-11,13,15,20,25H,3-5,12,14H2,1-2H3,(H,24,27). The van der Waals surface area contributed by atoms with Gasteiger partial charge in [0.2, 0.25) is 5.91 Å². The Morgan fingerprint density at radius 2 is 2.00 bits per heavy atom. The van der Waals surface area contributed by atoms with Crippen molar-refractivity contribution in [2.24, 2.45) is 0 Å². The van der Waals surface area contributed by atoms with Gasteiger partial charge in [0, 0.05) is 48.1 Å². The molecule has 0 aliphatic carbocycles. The van der Waals surface area contributed by atoms with Crippen molar-refractivity contribution in [1.29, 1.82) is 0 Å². The molecule has 1 amide bonds. The Hall–Kier alpha value is -3.15. The van der Waals surface area contributed by atoms with Gasteiger partial charge in [0.1, 0.15) is 0 Å². The number of hydrogen-bond donors (Lipinski definition) is 2. The van der Waals surface area contributed by atoms with Gasteiger partial charge in [-0.25, -0.2) is 0 Å². The van der Waals surface area contributed by atoms with Crippen LogP contribution in [-0.2, 0) is 11.2 Å². The molecule has 0 fully saturated rings. The van der Waals surface area contributed by atoms with E-state index in [1.807, 2.05) is 24.4 Å². The van der Waals surface area contributed by atoms with Crippen LogP contribution in [0.15, 0.2) is 48.7 Å². The van der Waals surface area contributed by atoms with Gasteiger partial charge in [-0.1, -0.05) is 50.6 Å². The van der Waals surface area contributed by atoms with Crippen molar-refractivity contribution < 1.29 is 9.72 Å². The number of H-pyrrole nitrogens is 1. The van der Waals surface area contributed by atoms with Gasteiger partial charge >= 0.3 is 0 Å². The van der Waals surface area contributed by atoms with Crippen LogP contribution in [0.3, 0.4) is 0 Å². The molecule has 3 aromatic rings. The molecule has 2 aromatic carbocycles. The smallest absolute Gasteiger partial charge is 0.269 e. The molecule has 0 aliphatic heterocycles. The lowest BCUT2D eigenvalue weighted by molar-refractivity contribution is -0.384. The van der Waals surface area contributed by atoms with E-state index in [4.69, 9.17) is 0 Å². The molecular weight excluding hydrogens is 366 g/mol. The number of carbonyl (C=O) groups excluding carboxylic acids is 1. The Kier molecular flexibility index (Phi) is 6.65. The van der Waals surface area contributed by atoms with Crippen LogP contribution in [0, 0.1) is 10.1 Å². The van der Waals surface area contributed by atoms with Gasteiger partial charge in [-0.2, -0.15) is 0 Å². The highest BCUT2D eigenvalue weighted by Gasteiger charge is 2.23. The average molecular weight is 393 g/mol. The minimum atomic E-state index is -0.397. The summed E-state index contributed by atoms with van der Waals surface area (Å²) in [7, 11) is 0. The predicted molar refractivity (Wildman–Crippen MR) is 115 cm³/mol. The van der Waals surface area contributed by atoms with E-state index in [1.165, 1.54) is 11.6 Å². The molecule has 29 heavy (non-hydrogen) atoms. The summed E-state index contributed by atoms with van der Waals surface area (Å²) in [6.07, 6.45) is 5.02. The van der Waals surface area contributed by atoms with Crippen LogP contribution in [0.2, 0.25) is 0 Å². The molecule has 1 aromatic heterocycles. The molecule has 6 nitrogen and oxygen atoms in total. The summed E-state index contributed by atoms with van der Waals surface area (Å²) in [6.45, 7) is 4.83. The SMILES string of the molecule is CCCCNC(=O)CC(c1cccc([N+](=O)[O-])c1)c1c[nH]c2c(CC)cccc12. The highest BCUT2D eigenvalue weighted by Crippen LogP contribution is 2.35. The molecule has 0 saturated heterocycles. The normalized spacial score (nSPS) is 12.1. The summed E-state index contributed by atoms with van der Waals surface area (Å²) in [4.78, 5) is 26.9. The molecule has 6 heteroatoms. The van der Waals surface area contributed by atoms with Crippen molar-refractivity contribution in [2.45, 2.75) is 45.4 Å². The maximum absolute atomic E-state index is 12.6. The Morgan fingerprint density at radius 3 is 2.72 bits per heavy atom. The minimum absolute atomic E-state index is 0.0352. The van der Waals surface area contributed by atoms with E-state index in [9.17, 15) is 14.9 Å². The van der Waals surface area contributed by atoms with Crippen molar-refractivity contribution in [3.8, 4) is 0 Å². The van der Waals surface area contributed by atoms with E-state index in [-0.39, 0.29) is 23.9 Å². The third kappa shape index (κ3) is 4.65. The third-order valence-corrected chi connectivity index (χ3v) is 5.32. The zero-order chi connectivity index (χ0) is 20.8. The zero-order valence-electron chi connectivity index (χ0n) is 16.9. The van der Waals surface area contributed by atoms with Crippen LogP contribution >= 0.6 is 0 Å². The summed E-state index contributed by atoms with van der Waals surface area (Å²) in [6, 6.07) is 12.7. The number of non-ortho nitro benzene ring substituents is 1. The number of nitrogens with zero attached hydrogens (tertiary/aromatic N) is 1. The molecule has 152 valence electrons. The fraction of sp³-hybridized carbons (Fsp3) is 0.348. The molecule has 0 spiro atoms. The quantitative estimate of drug-likeness (QED) is 0.302. The van der Waals surface area contributed by atoms with Crippen molar-refractivity contribution >= 4 is 22.5 Å². The Balaban J connectivity index is 2.03. The lowest BCUT2D eigenvalue weighted by Gasteiger charge is -2.17. The van der Waals surface area contributed by atoms with E-state index in [1.54, 1.807) is 12.1 Å². The lowest BCUT2D eigenvalue weighted by Crippen LogP contribution is -2.26. The molecule has 0 bridgehead atoms. The van der Waals surface area contributed by atoms with Crippen LogP contribution < -0.4 is 5.32 Å². The van der Waals surface area contributed by atoms with Crippen molar-refractivity contribution in [3.63, 3.8) is 0 Å². The van der Waals surface area contributed by atoms with Crippen LogP contribution in [0.25, 0.3) is 10.9 Å². The van der Waals surface area contributed by atoms with Crippen molar-refractivity contribution in [2.75, 3.05) is 6.54 Å². The number of nitro groups is 1. The molecule has 0 radical (unpaired) electrons. The molecule has 1 unspecified atom stereocenters. The average Bonchev–Trinajstić information content (AvgIpc) is 3.16. The first-order chi connectivity index (χ1) is 14.0. The Labute approximate surface area is 170 Å². The molecular formula is C23H27N3O3. The number of hydrogen-bond acceptors (Lipinski definition) is 3. The second kappa shape index (κ2) is 9.37. The lowest BCUT2D eigenvalue weighted by atomic mass is 9.87. The first kappa shape index (κ1) is 20.6. The number of nitrogens with one attached hydrogen (secondary N) is 2. The van der Waals surface area contributed by atoms with Crippen LogP contribution in [0.4, 0.5) is 5.69 Å². The predicted octanol–water partition coefficient (Wildman–Crippen LogP) is 5.08. The van der Waals surface area contributed by atoms with E-state index in [2.05, 4.69) is 30.2 Å². The van der Waals surface area contributed by atoms with Gasteiger partial charge in [0.25, 0.3) is 5.69 Å². The minimum Gasteiger partial charge on any atom is -0.361 e. The Bertz CT molecular complexity index is 1010. The maximum atomic E-state index is 12.6. The number of para-hydroxylation sites is 1. The van der Waals surface area contributed by atoms with Crippen LogP contribution in [0.1, 0.15) is 55.7 Å². The van der Waals surface area contributed by atoms with Gasteiger partial charge in [0.05, 0.1) is 4.92 Å². The van der Waals surface area contributed by atoms with Gasteiger partial charge in [-0.3, -0.25) is 14.9 Å². The molecule has 0 saturated carbocycles. The number of aryl methyl sites for hydroxylation is 1. The summed E-state index contributed by atoms with van der Waals surface area (Å²) in [5.74, 6) is -0.312. The monoisotopic (exact) mass is 393 g/mol. The number of aromatic amines is 1. The largest absolute Gasteiger partial charge is 0.361 e. The highest BCUT2D eigenvalue weighted by atomic mass is 16.6. The summed E-state index contributed by atoms with van der Waals surface area (Å²) < 4.78 is 0. The number of nitro benzene ring substituents is 1. The molecule has 2 N–H and O–H groups in total. The number of amides is 1. The first-order valence-electron chi connectivity index (χ1n) is 10.1. The molecule has 1 atom stereocenters. The van der Waals surface area contributed by atoms with Crippen LogP contribution in [0.5, 0.6) is 0 Å². The maximum Gasteiger partial charge on any atom is 0.269 e. The first-order valence-corrected chi connectivity index (χ1v) is 10.1. The topological polar surface area (TPSA) is 88.0 Å². The molecule has 3 rings (SSSR count). The highest BCUT2D eigenvalue weighted by molar-refractivity contribution is 5.88.